The third-order valence-corrected chi connectivity index (χ3v) is 3.67. The highest BCUT2D eigenvalue weighted by Crippen LogP contribution is 2.32. The van der Waals surface area contributed by atoms with Gasteiger partial charge in [0, 0.05) is 16.3 Å². The number of benzene rings is 2. The van der Waals surface area contributed by atoms with Crippen LogP contribution in [0.25, 0.3) is 0 Å². The second-order valence-electron chi connectivity index (χ2n) is 4.10. The van der Waals surface area contributed by atoms with Crippen LogP contribution in [0, 0.1) is 6.92 Å². The topological polar surface area (TPSA) is 21.6 Å². The average Bonchev–Trinajstić information content (AvgIpc) is 2.37. The molecule has 0 fully saturated rings. The number of methoxy groups -OCH3 is 1. The zero-order valence-electron chi connectivity index (χ0n) is 10.7. The first-order chi connectivity index (χ1) is 9.10. The van der Waals surface area contributed by atoms with Gasteiger partial charge in [0.1, 0.15) is 5.75 Å². The van der Waals surface area contributed by atoms with Crippen molar-refractivity contribution in [3.05, 3.63) is 56.5 Å². The molecule has 0 aliphatic heterocycles. The first kappa shape index (κ1) is 14.3. The zero-order valence-corrected chi connectivity index (χ0v) is 13.8. The van der Waals surface area contributed by atoms with E-state index in [1.807, 2.05) is 36.4 Å². The van der Waals surface area contributed by atoms with Crippen LogP contribution in [0.1, 0.15) is 11.1 Å². The molecule has 0 heterocycles. The Balaban J connectivity index is 2.34. The van der Waals surface area contributed by atoms with Gasteiger partial charge in [-0.2, -0.15) is 0 Å². The number of aryl methyl sites for hydroxylation is 1. The van der Waals surface area contributed by atoms with E-state index in [2.05, 4.69) is 43.8 Å². The van der Waals surface area contributed by atoms with Gasteiger partial charge in [0.25, 0.3) is 0 Å². The fourth-order valence-corrected chi connectivity index (χ4v) is 3.09. The average molecular weight is 383 g/mol. The number of hydrogen-bond acceptors (Lipinski definition) is 2. The lowest BCUT2D eigenvalue weighted by Gasteiger charge is -2.07. The van der Waals surface area contributed by atoms with E-state index in [4.69, 9.17) is 4.74 Å². The molecule has 0 aromatic heterocycles. The third-order valence-electron chi connectivity index (χ3n) is 2.63. The highest BCUT2D eigenvalue weighted by molar-refractivity contribution is 9.11. The number of hydrogen-bond donors (Lipinski definition) is 0. The summed E-state index contributed by atoms with van der Waals surface area (Å²) in [4.78, 5) is 4.46. The van der Waals surface area contributed by atoms with E-state index >= 15 is 0 Å². The molecule has 0 unspecified atom stereocenters. The van der Waals surface area contributed by atoms with E-state index in [0.717, 1.165) is 25.9 Å². The number of aliphatic imine (C=N–C) groups is 1. The van der Waals surface area contributed by atoms with Gasteiger partial charge in [-0.25, -0.2) is 0 Å². The van der Waals surface area contributed by atoms with Gasteiger partial charge in [-0.15, -0.1) is 0 Å². The number of ether oxygens (including phenoxy) is 1. The molecule has 98 valence electrons. The van der Waals surface area contributed by atoms with E-state index in [-0.39, 0.29) is 0 Å². The van der Waals surface area contributed by atoms with Crippen molar-refractivity contribution in [2.75, 3.05) is 7.11 Å². The van der Waals surface area contributed by atoms with Crippen molar-refractivity contribution in [2.24, 2.45) is 4.99 Å². The van der Waals surface area contributed by atoms with Gasteiger partial charge < -0.3 is 4.74 Å². The minimum atomic E-state index is 0.777. The molecule has 0 atom stereocenters. The number of rotatable bonds is 3. The van der Waals surface area contributed by atoms with E-state index < -0.39 is 0 Å². The summed E-state index contributed by atoms with van der Waals surface area (Å²) in [5.41, 5.74) is 3.06. The standard InChI is InChI=1S/C15H13Br2NO/c1-10-3-5-13(6-4-10)18-9-11-7-12(16)8-14(17)15(11)19-2/h3-9H,1-2H3. The Morgan fingerprint density at radius 3 is 2.42 bits per heavy atom. The van der Waals surface area contributed by atoms with Crippen molar-refractivity contribution in [3.8, 4) is 5.75 Å². The van der Waals surface area contributed by atoms with Crippen molar-refractivity contribution in [1.82, 2.24) is 0 Å². The van der Waals surface area contributed by atoms with Gasteiger partial charge in [0.05, 0.1) is 17.3 Å². The summed E-state index contributed by atoms with van der Waals surface area (Å²) < 4.78 is 7.25. The Labute approximate surface area is 129 Å². The van der Waals surface area contributed by atoms with Gasteiger partial charge in [0.2, 0.25) is 0 Å². The van der Waals surface area contributed by atoms with Crippen LogP contribution in [-0.4, -0.2) is 13.3 Å². The van der Waals surface area contributed by atoms with Crippen molar-refractivity contribution in [2.45, 2.75) is 6.92 Å². The first-order valence-corrected chi connectivity index (χ1v) is 7.32. The monoisotopic (exact) mass is 381 g/mol. The molecule has 0 radical (unpaired) electrons. The predicted octanol–water partition coefficient (Wildman–Crippen LogP) is 5.28. The Kier molecular flexibility index (Phi) is 4.77. The Bertz CT molecular complexity index is 606. The van der Waals surface area contributed by atoms with E-state index in [1.165, 1.54) is 5.56 Å². The lowest BCUT2D eigenvalue weighted by molar-refractivity contribution is 0.411. The summed E-state index contributed by atoms with van der Waals surface area (Å²) in [6, 6.07) is 12.0. The summed E-state index contributed by atoms with van der Waals surface area (Å²) in [5.74, 6) is 0.777. The largest absolute Gasteiger partial charge is 0.495 e. The van der Waals surface area contributed by atoms with E-state index in [9.17, 15) is 0 Å². The minimum Gasteiger partial charge on any atom is -0.495 e. The fourth-order valence-electron chi connectivity index (χ4n) is 1.67. The molecule has 0 bridgehead atoms. The van der Waals surface area contributed by atoms with Gasteiger partial charge in [-0.3, -0.25) is 4.99 Å². The molecule has 0 saturated carbocycles. The van der Waals surface area contributed by atoms with Crippen LogP contribution in [-0.2, 0) is 0 Å². The summed E-state index contributed by atoms with van der Waals surface area (Å²) in [6.07, 6.45) is 1.80. The summed E-state index contributed by atoms with van der Waals surface area (Å²) >= 11 is 6.94. The maximum Gasteiger partial charge on any atom is 0.141 e. The van der Waals surface area contributed by atoms with Crippen molar-refractivity contribution >= 4 is 43.8 Å². The van der Waals surface area contributed by atoms with Gasteiger partial charge >= 0.3 is 0 Å². The normalized spacial score (nSPS) is 10.9. The van der Waals surface area contributed by atoms with Crippen molar-refractivity contribution in [3.63, 3.8) is 0 Å². The summed E-state index contributed by atoms with van der Waals surface area (Å²) in [6.45, 7) is 2.06. The molecular weight excluding hydrogens is 370 g/mol. The molecule has 0 N–H and O–H groups in total. The molecule has 19 heavy (non-hydrogen) atoms. The SMILES string of the molecule is COc1c(Br)cc(Br)cc1C=Nc1ccc(C)cc1. The molecule has 4 heteroatoms. The minimum absolute atomic E-state index is 0.777. The Hall–Kier alpha value is -1.13. The lowest BCUT2D eigenvalue weighted by Crippen LogP contribution is -1.92. The van der Waals surface area contributed by atoms with E-state index in [0.29, 0.717) is 0 Å². The Morgan fingerprint density at radius 2 is 1.79 bits per heavy atom. The quantitative estimate of drug-likeness (QED) is 0.661. The highest BCUT2D eigenvalue weighted by Gasteiger charge is 2.07. The summed E-state index contributed by atoms with van der Waals surface area (Å²) in [5, 5.41) is 0. The van der Waals surface area contributed by atoms with Crippen LogP contribution in [0.15, 0.2) is 50.3 Å². The molecule has 0 amide bonds. The maximum atomic E-state index is 5.38. The Morgan fingerprint density at radius 1 is 1.11 bits per heavy atom. The predicted molar refractivity (Wildman–Crippen MR) is 86.8 cm³/mol. The fraction of sp³-hybridized carbons (Fsp3) is 0.133. The van der Waals surface area contributed by atoms with Crippen LogP contribution in [0.5, 0.6) is 5.75 Å². The molecule has 2 rings (SSSR count). The van der Waals surface area contributed by atoms with Gasteiger partial charge in [0.15, 0.2) is 0 Å². The molecule has 0 spiro atoms. The third kappa shape index (κ3) is 3.67. The molecule has 2 aromatic carbocycles. The number of halogens is 2. The van der Waals surface area contributed by atoms with Gasteiger partial charge in [-0.05, 0) is 47.1 Å². The smallest absolute Gasteiger partial charge is 0.141 e. The van der Waals surface area contributed by atoms with Crippen molar-refractivity contribution in [1.29, 1.82) is 0 Å². The van der Waals surface area contributed by atoms with Gasteiger partial charge in [-0.1, -0.05) is 33.6 Å². The van der Waals surface area contributed by atoms with Crippen LogP contribution in [0.4, 0.5) is 5.69 Å². The molecule has 2 aromatic rings. The molecule has 0 aliphatic rings. The first-order valence-electron chi connectivity index (χ1n) is 5.74. The molecule has 0 saturated heterocycles. The highest BCUT2D eigenvalue weighted by atomic mass is 79.9. The molecule has 0 aliphatic carbocycles. The maximum absolute atomic E-state index is 5.38. The summed E-state index contributed by atoms with van der Waals surface area (Å²) in [7, 11) is 1.65. The van der Waals surface area contributed by atoms with Crippen LogP contribution in [0.3, 0.4) is 0 Å². The molecule has 2 nitrogen and oxygen atoms in total. The van der Waals surface area contributed by atoms with Crippen LogP contribution in [0.2, 0.25) is 0 Å². The zero-order chi connectivity index (χ0) is 13.8. The number of nitrogens with zero attached hydrogens (tertiary/aromatic N) is 1. The van der Waals surface area contributed by atoms with Crippen molar-refractivity contribution < 1.29 is 4.74 Å². The second kappa shape index (κ2) is 6.35. The lowest BCUT2D eigenvalue weighted by atomic mass is 10.2. The van der Waals surface area contributed by atoms with E-state index in [1.54, 1.807) is 13.3 Å². The molecular formula is C15H13Br2NO. The van der Waals surface area contributed by atoms with Crippen LogP contribution < -0.4 is 4.74 Å². The van der Waals surface area contributed by atoms with Crippen LogP contribution >= 0.6 is 31.9 Å². The second-order valence-corrected chi connectivity index (χ2v) is 5.87.